The van der Waals surface area contributed by atoms with E-state index in [1.165, 1.54) is 38.5 Å². The number of methoxy groups -OCH3 is 2. The highest BCUT2D eigenvalue weighted by Crippen LogP contribution is 2.54. The summed E-state index contributed by atoms with van der Waals surface area (Å²) in [7, 11) is -1.49. The SMILES string of the molecule is COc1ccc(CP(=O)(OC[C@@]2(C(F)F)O[C@@H](n3cc(F)c(=O)[nH]c3=O)[C@H](O)[C@@H]2O)Oc2ccc(OC)cc2)cc1. The van der Waals surface area contributed by atoms with Crippen LogP contribution in [0.25, 0.3) is 0 Å². The van der Waals surface area contributed by atoms with Crippen LogP contribution in [0, 0.1) is 5.82 Å². The van der Waals surface area contributed by atoms with E-state index in [0.29, 0.717) is 27.8 Å². The van der Waals surface area contributed by atoms with Crippen molar-refractivity contribution in [1.29, 1.82) is 0 Å². The number of nitrogens with zero attached hydrogens (tertiary/aromatic N) is 1. The summed E-state index contributed by atoms with van der Waals surface area (Å²) in [4.78, 5) is 25.2. The van der Waals surface area contributed by atoms with E-state index >= 15 is 0 Å². The maximum absolute atomic E-state index is 14.5. The zero-order valence-electron chi connectivity index (χ0n) is 21.6. The van der Waals surface area contributed by atoms with Gasteiger partial charge in [-0.2, -0.15) is 4.39 Å². The quantitative estimate of drug-likeness (QED) is 0.279. The fourth-order valence-corrected chi connectivity index (χ4v) is 5.81. The molecule has 0 saturated carbocycles. The number of benzene rings is 2. The molecule has 3 aromatic rings. The number of H-pyrrole nitrogens is 1. The normalized spacial score (nSPS) is 23.8. The number of hydrogen-bond acceptors (Lipinski definition) is 10. The molecule has 41 heavy (non-hydrogen) atoms. The van der Waals surface area contributed by atoms with Crippen molar-refractivity contribution in [2.45, 2.75) is 36.6 Å². The first-order valence-electron chi connectivity index (χ1n) is 11.9. The number of hydrogen-bond donors (Lipinski definition) is 3. The molecule has 0 spiro atoms. The fraction of sp³-hybridized carbons (Fsp3) is 0.360. The molecule has 12 nitrogen and oxygen atoms in total. The lowest BCUT2D eigenvalue weighted by atomic mass is 9.96. The Hall–Kier alpha value is -3.62. The minimum absolute atomic E-state index is 0.0369. The molecule has 1 unspecified atom stereocenters. The molecule has 1 fully saturated rings. The van der Waals surface area contributed by atoms with Gasteiger partial charge in [0.2, 0.25) is 5.82 Å². The number of ether oxygens (including phenoxy) is 3. The summed E-state index contributed by atoms with van der Waals surface area (Å²) in [5.74, 6) is -0.489. The Labute approximate surface area is 230 Å². The van der Waals surface area contributed by atoms with Crippen LogP contribution in [0.3, 0.4) is 0 Å². The minimum Gasteiger partial charge on any atom is -0.497 e. The first-order valence-corrected chi connectivity index (χ1v) is 13.7. The van der Waals surface area contributed by atoms with Crippen LogP contribution in [0.2, 0.25) is 0 Å². The fourth-order valence-electron chi connectivity index (χ4n) is 4.10. The standard InChI is InChI=1S/C25H26F3N2O10P/c1-36-15-5-3-14(4-6-15)12-41(35,40-17-9-7-16(37-2)8-10-17)38-13-25(23(27)28)20(32)19(31)22(39-25)30-11-18(26)21(33)29-24(30)34/h3-11,19-20,22-23,31-32H,12-13H2,1-2H3,(H,29,33,34)/t19-,20+,22-,25-,41?/m1/s1. The average molecular weight is 602 g/mol. The van der Waals surface area contributed by atoms with Crippen molar-refractivity contribution in [2.24, 2.45) is 0 Å². The Morgan fingerprint density at radius 3 is 2.15 bits per heavy atom. The van der Waals surface area contributed by atoms with Gasteiger partial charge in [0, 0.05) is 0 Å². The summed E-state index contributed by atoms with van der Waals surface area (Å²) < 4.78 is 83.6. The van der Waals surface area contributed by atoms with Crippen LogP contribution in [-0.4, -0.2) is 64.8 Å². The van der Waals surface area contributed by atoms with Gasteiger partial charge in [-0.25, -0.2) is 18.1 Å². The second-order valence-corrected chi connectivity index (χ2v) is 11.0. The molecule has 2 aromatic carbocycles. The monoisotopic (exact) mass is 602 g/mol. The lowest BCUT2D eigenvalue weighted by Crippen LogP contribution is -2.52. The second kappa shape index (κ2) is 12.1. The number of aliphatic hydroxyl groups excluding tert-OH is 2. The summed E-state index contributed by atoms with van der Waals surface area (Å²) in [6, 6.07) is 12.0. The van der Waals surface area contributed by atoms with Crippen molar-refractivity contribution >= 4 is 7.60 Å². The van der Waals surface area contributed by atoms with Crippen LogP contribution in [0.15, 0.2) is 64.3 Å². The average Bonchev–Trinajstić information content (AvgIpc) is 3.21. The van der Waals surface area contributed by atoms with E-state index in [2.05, 4.69) is 0 Å². The van der Waals surface area contributed by atoms with E-state index in [0.717, 1.165) is 0 Å². The second-order valence-electron chi connectivity index (χ2n) is 9.00. The van der Waals surface area contributed by atoms with Crippen LogP contribution in [0.4, 0.5) is 13.2 Å². The van der Waals surface area contributed by atoms with E-state index in [1.807, 2.05) is 0 Å². The topological polar surface area (TPSA) is 159 Å². The van der Waals surface area contributed by atoms with E-state index in [9.17, 15) is 37.5 Å². The van der Waals surface area contributed by atoms with Crippen molar-refractivity contribution < 1.29 is 51.2 Å². The number of aromatic amines is 1. The number of rotatable bonds is 11. The van der Waals surface area contributed by atoms with Gasteiger partial charge in [0.25, 0.3) is 12.0 Å². The summed E-state index contributed by atoms with van der Waals surface area (Å²) in [6.45, 7) is -1.29. The summed E-state index contributed by atoms with van der Waals surface area (Å²) >= 11 is 0. The van der Waals surface area contributed by atoms with Crippen molar-refractivity contribution in [1.82, 2.24) is 9.55 Å². The molecule has 16 heteroatoms. The van der Waals surface area contributed by atoms with Crippen LogP contribution in [-0.2, 0) is 20.0 Å². The molecule has 222 valence electrons. The van der Waals surface area contributed by atoms with Gasteiger partial charge in [-0.15, -0.1) is 0 Å². The zero-order chi connectivity index (χ0) is 29.9. The number of halogens is 3. The van der Waals surface area contributed by atoms with Gasteiger partial charge >= 0.3 is 13.3 Å². The molecule has 1 saturated heterocycles. The van der Waals surface area contributed by atoms with Crippen molar-refractivity contribution in [2.75, 3.05) is 20.8 Å². The smallest absolute Gasteiger partial charge is 0.383 e. The summed E-state index contributed by atoms with van der Waals surface area (Å²) in [5, 5.41) is 21.2. The van der Waals surface area contributed by atoms with Gasteiger partial charge in [0.15, 0.2) is 11.8 Å². The van der Waals surface area contributed by atoms with Crippen LogP contribution in [0.5, 0.6) is 17.2 Å². The molecular formula is C25H26F3N2O10P. The van der Waals surface area contributed by atoms with Crippen LogP contribution < -0.4 is 25.2 Å². The molecule has 0 aliphatic carbocycles. The van der Waals surface area contributed by atoms with Crippen molar-refractivity contribution in [3.05, 3.63) is 86.9 Å². The zero-order valence-corrected chi connectivity index (χ0v) is 22.5. The van der Waals surface area contributed by atoms with Gasteiger partial charge < -0.3 is 28.9 Å². The third-order valence-corrected chi connectivity index (χ3v) is 8.11. The molecule has 0 radical (unpaired) electrons. The van der Waals surface area contributed by atoms with Crippen molar-refractivity contribution in [3.8, 4) is 17.2 Å². The third kappa shape index (κ3) is 6.34. The predicted molar refractivity (Wildman–Crippen MR) is 136 cm³/mol. The molecular weight excluding hydrogens is 576 g/mol. The van der Waals surface area contributed by atoms with Crippen LogP contribution in [0.1, 0.15) is 11.8 Å². The molecule has 0 bridgehead atoms. The van der Waals surface area contributed by atoms with Gasteiger partial charge in [-0.3, -0.25) is 18.9 Å². The Balaban J connectivity index is 1.65. The molecule has 2 heterocycles. The lowest BCUT2D eigenvalue weighted by molar-refractivity contribution is -0.192. The molecule has 1 aliphatic heterocycles. The van der Waals surface area contributed by atoms with Gasteiger partial charge in [-0.05, 0) is 42.0 Å². The molecule has 0 amide bonds. The lowest BCUT2D eigenvalue weighted by Gasteiger charge is -2.32. The Kier molecular flexibility index (Phi) is 8.94. The van der Waals surface area contributed by atoms with Gasteiger partial charge in [0.1, 0.15) is 29.5 Å². The van der Waals surface area contributed by atoms with E-state index in [-0.39, 0.29) is 5.75 Å². The summed E-state index contributed by atoms with van der Waals surface area (Å²) in [6.07, 6.45) is -10.3. The van der Waals surface area contributed by atoms with Gasteiger partial charge in [-0.1, -0.05) is 12.1 Å². The largest absolute Gasteiger partial charge is 0.497 e. The van der Waals surface area contributed by atoms with E-state index in [1.54, 1.807) is 29.2 Å². The maximum Gasteiger partial charge on any atom is 0.383 e. The molecule has 1 aromatic heterocycles. The molecule has 3 N–H and O–H groups in total. The Bertz CT molecular complexity index is 1460. The highest BCUT2D eigenvalue weighted by Gasteiger charge is 2.61. The number of alkyl halides is 2. The number of aliphatic hydroxyl groups is 2. The third-order valence-electron chi connectivity index (χ3n) is 6.35. The van der Waals surface area contributed by atoms with Crippen molar-refractivity contribution in [3.63, 3.8) is 0 Å². The van der Waals surface area contributed by atoms with E-state index in [4.69, 9.17) is 23.3 Å². The Morgan fingerprint density at radius 1 is 1.02 bits per heavy atom. The minimum atomic E-state index is -4.37. The highest BCUT2D eigenvalue weighted by atomic mass is 31.2. The number of aromatic nitrogens is 2. The van der Waals surface area contributed by atoms with Crippen LogP contribution >= 0.6 is 7.60 Å². The maximum atomic E-state index is 14.5. The van der Waals surface area contributed by atoms with E-state index < -0.39 is 67.9 Å². The Morgan fingerprint density at radius 2 is 1.59 bits per heavy atom. The van der Waals surface area contributed by atoms with Gasteiger partial charge in [0.05, 0.1) is 33.2 Å². The molecule has 5 atom stereocenters. The highest BCUT2D eigenvalue weighted by molar-refractivity contribution is 7.53. The predicted octanol–water partition coefficient (Wildman–Crippen LogP) is 2.44. The molecule has 4 rings (SSSR count). The first-order chi connectivity index (χ1) is 19.4. The first kappa shape index (κ1) is 30.3. The molecule has 1 aliphatic rings. The summed E-state index contributed by atoms with van der Waals surface area (Å²) in [5.41, 5.74) is -5.33. The number of nitrogens with one attached hydrogen (secondary N) is 1.